The third-order valence-corrected chi connectivity index (χ3v) is 3.20. The van der Waals surface area contributed by atoms with Gasteiger partial charge < -0.3 is 15.0 Å². The van der Waals surface area contributed by atoms with Crippen molar-refractivity contribution in [2.75, 3.05) is 32.1 Å². The Hall–Kier alpha value is -1.30. The summed E-state index contributed by atoms with van der Waals surface area (Å²) in [5.41, 5.74) is 0.531. The molecule has 0 aliphatic heterocycles. The Bertz CT molecular complexity index is 489. The molecule has 1 N–H and O–H groups in total. The number of hydrogen-bond acceptors (Lipinski definition) is 3. The van der Waals surface area contributed by atoms with E-state index >= 15 is 0 Å². The summed E-state index contributed by atoms with van der Waals surface area (Å²) in [5, 5.41) is 3.59. The molecule has 0 saturated carbocycles. The van der Waals surface area contributed by atoms with E-state index in [1.807, 2.05) is 0 Å². The van der Waals surface area contributed by atoms with Crippen molar-refractivity contribution in [3.05, 3.63) is 28.2 Å². The minimum absolute atomic E-state index is 0.0920. The number of ether oxygens (including phenoxy) is 1. The summed E-state index contributed by atoms with van der Waals surface area (Å²) >= 11 is 11.7. The van der Waals surface area contributed by atoms with E-state index in [0.29, 0.717) is 35.4 Å². The van der Waals surface area contributed by atoms with Crippen molar-refractivity contribution < 1.29 is 14.3 Å². The second-order valence-electron chi connectivity index (χ2n) is 4.46. The number of nitrogens with one attached hydrogen (secondary N) is 1. The van der Waals surface area contributed by atoms with Crippen LogP contribution in [0.15, 0.2) is 18.2 Å². The smallest absolute Gasteiger partial charge is 0.226 e. The van der Waals surface area contributed by atoms with Crippen LogP contribution < -0.4 is 5.32 Å². The molecule has 5 nitrogen and oxygen atoms in total. The van der Waals surface area contributed by atoms with Crippen LogP contribution in [-0.2, 0) is 14.3 Å². The molecule has 0 aliphatic rings. The number of amides is 2. The molecule has 0 heterocycles. The number of nitrogens with zero attached hydrogens (tertiary/aromatic N) is 1. The highest BCUT2D eigenvalue weighted by atomic mass is 35.5. The molecule has 0 fully saturated rings. The van der Waals surface area contributed by atoms with Crippen molar-refractivity contribution in [3.63, 3.8) is 0 Å². The number of benzene rings is 1. The molecule has 0 bridgehead atoms. The van der Waals surface area contributed by atoms with Gasteiger partial charge in [0.2, 0.25) is 11.8 Å². The molecule has 0 atom stereocenters. The molecule has 1 rings (SSSR count). The summed E-state index contributed by atoms with van der Waals surface area (Å²) in [7, 11) is 1.56. The fourth-order valence-corrected chi connectivity index (χ4v) is 2.24. The molecule has 0 radical (unpaired) electrons. The predicted molar refractivity (Wildman–Crippen MR) is 83.8 cm³/mol. The van der Waals surface area contributed by atoms with Crippen molar-refractivity contribution in [1.82, 2.24) is 4.90 Å². The van der Waals surface area contributed by atoms with E-state index in [4.69, 9.17) is 27.9 Å². The van der Waals surface area contributed by atoms with Crippen LogP contribution in [0.5, 0.6) is 0 Å². The van der Waals surface area contributed by atoms with E-state index < -0.39 is 0 Å². The summed E-state index contributed by atoms with van der Waals surface area (Å²) in [6, 6.07) is 4.80. The molecule has 116 valence electrons. The molecule has 21 heavy (non-hydrogen) atoms. The average Bonchev–Trinajstić information content (AvgIpc) is 2.36. The van der Waals surface area contributed by atoms with Crippen LogP contribution in [0.1, 0.15) is 13.3 Å². The van der Waals surface area contributed by atoms with Gasteiger partial charge in [-0.3, -0.25) is 9.59 Å². The van der Waals surface area contributed by atoms with Crippen LogP contribution in [0, 0.1) is 0 Å². The second-order valence-corrected chi connectivity index (χ2v) is 5.33. The Morgan fingerprint density at radius 2 is 1.81 bits per heavy atom. The summed E-state index contributed by atoms with van der Waals surface area (Å²) in [5.74, 6) is -0.303. The normalized spacial score (nSPS) is 10.3. The first-order valence-corrected chi connectivity index (χ1v) is 7.18. The minimum atomic E-state index is -0.211. The lowest BCUT2D eigenvalue weighted by Crippen LogP contribution is -2.34. The maximum atomic E-state index is 11.9. The van der Waals surface area contributed by atoms with Crippen molar-refractivity contribution in [3.8, 4) is 0 Å². The van der Waals surface area contributed by atoms with Crippen LogP contribution in [0.4, 0.5) is 5.69 Å². The maximum Gasteiger partial charge on any atom is 0.226 e. The van der Waals surface area contributed by atoms with Gasteiger partial charge in [0.1, 0.15) is 0 Å². The quantitative estimate of drug-likeness (QED) is 0.835. The van der Waals surface area contributed by atoms with E-state index in [0.717, 1.165) is 0 Å². The molecule has 7 heteroatoms. The summed E-state index contributed by atoms with van der Waals surface area (Å²) in [6.07, 6.45) is 0.188. The lowest BCUT2D eigenvalue weighted by atomic mass is 10.3. The van der Waals surface area contributed by atoms with Gasteiger partial charge in [-0.05, 0) is 18.2 Å². The summed E-state index contributed by atoms with van der Waals surface area (Å²) in [4.78, 5) is 24.8. The molecular weight excluding hydrogens is 315 g/mol. The van der Waals surface area contributed by atoms with Crippen molar-refractivity contribution in [1.29, 1.82) is 0 Å². The third kappa shape index (κ3) is 6.80. The van der Waals surface area contributed by atoms with Crippen molar-refractivity contribution >= 4 is 40.7 Å². The van der Waals surface area contributed by atoms with Gasteiger partial charge in [0, 0.05) is 49.3 Å². The predicted octanol–water partition coefficient (Wildman–Crippen LogP) is 2.82. The first kappa shape index (κ1) is 17.8. The first-order chi connectivity index (χ1) is 9.92. The number of carbonyl (C=O) groups is 2. The highest BCUT2D eigenvalue weighted by Gasteiger charge is 2.11. The average molecular weight is 333 g/mol. The second kappa shape index (κ2) is 8.87. The Morgan fingerprint density at radius 1 is 1.19 bits per heavy atom. The lowest BCUT2D eigenvalue weighted by Gasteiger charge is -2.20. The van der Waals surface area contributed by atoms with Crippen LogP contribution in [0.25, 0.3) is 0 Å². The van der Waals surface area contributed by atoms with E-state index in [1.54, 1.807) is 30.2 Å². The van der Waals surface area contributed by atoms with Crippen molar-refractivity contribution in [2.45, 2.75) is 13.3 Å². The zero-order valence-electron chi connectivity index (χ0n) is 12.0. The Balaban J connectivity index is 2.50. The van der Waals surface area contributed by atoms with E-state index in [1.165, 1.54) is 6.92 Å². The SMILES string of the molecule is COCCN(CCC(=O)Nc1cc(Cl)cc(Cl)c1)C(C)=O. The van der Waals surface area contributed by atoms with Gasteiger partial charge in [-0.15, -0.1) is 0 Å². The van der Waals surface area contributed by atoms with Gasteiger partial charge in [0.25, 0.3) is 0 Å². The number of halogens is 2. The fourth-order valence-electron chi connectivity index (χ4n) is 1.71. The van der Waals surface area contributed by atoms with Gasteiger partial charge in [0.05, 0.1) is 6.61 Å². The van der Waals surface area contributed by atoms with Crippen LogP contribution in [0.3, 0.4) is 0 Å². The first-order valence-electron chi connectivity index (χ1n) is 6.42. The van der Waals surface area contributed by atoms with Crippen LogP contribution in [0.2, 0.25) is 10.0 Å². The van der Waals surface area contributed by atoms with Gasteiger partial charge in [0.15, 0.2) is 0 Å². The number of anilines is 1. The molecule has 0 saturated heterocycles. The molecule has 2 amide bonds. The Morgan fingerprint density at radius 3 is 2.33 bits per heavy atom. The standard InChI is InChI=1S/C14H18Cl2N2O3/c1-10(19)18(5-6-21-2)4-3-14(20)17-13-8-11(15)7-12(16)9-13/h7-9H,3-6H2,1-2H3,(H,17,20). The molecule has 1 aromatic rings. The Labute approximate surface area is 134 Å². The summed E-state index contributed by atoms with van der Waals surface area (Å²) in [6.45, 7) is 2.69. The molecule has 1 aromatic carbocycles. The zero-order valence-corrected chi connectivity index (χ0v) is 13.5. The minimum Gasteiger partial charge on any atom is -0.383 e. The topological polar surface area (TPSA) is 58.6 Å². The fraction of sp³-hybridized carbons (Fsp3) is 0.429. The number of carbonyl (C=O) groups excluding carboxylic acids is 2. The van der Waals surface area contributed by atoms with Gasteiger partial charge >= 0.3 is 0 Å². The van der Waals surface area contributed by atoms with Gasteiger partial charge in [-0.2, -0.15) is 0 Å². The maximum absolute atomic E-state index is 11.9. The summed E-state index contributed by atoms with van der Waals surface area (Å²) < 4.78 is 4.93. The highest BCUT2D eigenvalue weighted by molar-refractivity contribution is 6.35. The molecule has 0 spiro atoms. The molecule has 0 aromatic heterocycles. The Kier molecular flexibility index (Phi) is 7.50. The monoisotopic (exact) mass is 332 g/mol. The van der Waals surface area contributed by atoms with Crippen molar-refractivity contribution in [2.24, 2.45) is 0 Å². The zero-order chi connectivity index (χ0) is 15.8. The number of methoxy groups -OCH3 is 1. The van der Waals surface area contributed by atoms with Crippen LogP contribution in [-0.4, -0.2) is 43.5 Å². The number of rotatable bonds is 7. The molecular formula is C14H18Cl2N2O3. The van der Waals surface area contributed by atoms with E-state index in [9.17, 15) is 9.59 Å². The van der Waals surface area contributed by atoms with E-state index in [-0.39, 0.29) is 18.2 Å². The molecule has 0 aliphatic carbocycles. The molecule has 0 unspecified atom stereocenters. The third-order valence-electron chi connectivity index (χ3n) is 2.77. The van der Waals surface area contributed by atoms with Crippen LogP contribution >= 0.6 is 23.2 Å². The largest absolute Gasteiger partial charge is 0.383 e. The van der Waals surface area contributed by atoms with Gasteiger partial charge in [-0.25, -0.2) is 0 Å². The lowest BCUT2D eigenvalue weighted by molar-refractivity contribution is -0.130. The number of hydrogen-bond donors (Lipinski definition) is 1. The van der Waals surface area contributed by atoms with E-state index in [2.05, 4.69) is 5.32 Å². The van der Waals surface area contributed by atoms with Gasteiger partial charge in [-0.1, -0.05) is 23.2 Å². The highest BCUT2D eigenvalue weighted by Crippen LogP contribution is 2.22.